The van der Waals surface area contributed by atoms with Crippen LogP contribution in [-0.4, -0.2) is 0 Å². The van der Waals surface area contributed by atoms with Crippen LogP contribution in [0.4, 0.5) is 4.39 Å². The second kappa shape index (κ2) is 2.94. The van der Waals surface area contributed by atoms with Gasteiger partial charge in [0, 0.05) is 10.6 Å². The molecule has 70 valence electrons. The summed E-state index contributed by atoms with van der Waals surface area (Å²) < 4.78 is 13.4. The van der Waals surface area contributed by atoms with Gasteiger partial charge >= 0.3 is 0 Å². The fourth-order valence-electron chi connectivity index (χ4n) is 1.31. The molecule has 0 spiro atoms. The molecule has 0 aromatic heterocycles. The highest BCUT2D eigenvalue weighted by atomic mass is 79.9. The first-order valence-electron chi connectivity index (χ1n) is 3.97. The maximum absolute atomic E-state index is 13.0. The number of benzene rings is 1. The van der Waals surface area contributed by atoms with E-state index in [9.17, 15) is 4.39 Å². The average molecular weight is 265 g/mol. The zero-order valence-electron chi connectivity index (χ0n) is 6.78. The predicted molar refractivity (Wildman–Crippen MR) is 54.2 cm³/mol. The molecule has 0 heterocycles. The summed E-state index contributed by atoms with van der Waals surface area (Å²) in [6.07, 6.45) is 1.84. The highest BCUT2D eigenvalue weighted by Crippen LogP contribution is 2.46. The summed E-state index contributed by atoms with van der Waals surface area (Å²) in [5.41, 5.74) is 6.48. The van der Waals surface area contributed by atoms with Crippen molar-refractivity contribution in [3.05, 3.63) is 33.0 Å². The van der Waals surface area contributed by atoms with Crippen molar-refractivity contribution in [2.75, 3.05) is 0 Å². The summed E-state index contributed by atoms with van der Waals surface area (Å²) in [6, 6.07) is 2.97. The molecule has 1 fully saturated rings. The third-order valence-corrected chi connectivity index (χ3v) is 3.26. The number of hydrogen-bond donors (Lipinski definition) is 1. The highest BCUT2D eigenvalue weighted by molar-refractivity contribution is 9.10. The number of halogens is 3. The Hall–Kier alpha value is -0.120. The van der Waals surface area contributed by atoms with Crippen molar-refractivity contribution in [1.82, 2.24) is 0 Å². The van der Waals surface area contributed by atoms with Gasteiger partial charge in [0.2, 0.25) is 0 Å². The van der Waals surface area contributed by atoms with E-state index >= 15 is 0 Å². The Morgan fingerprint density at radius 3 is 2.62 bits per heavy atom. The lowest BCUT2D eigenvalue weighted by molar-refractivity contribution is 0.617. The average Bonchev–Trinajstić information content (AvgIpc) is 2.77. The Balaban J connectivity index is 2.52. The first kappa shape index (κ1) is 9.44. The molecular formula is C9H8BrClFN. The third-order valence-electron chi connectivity index (χ3n) is 2.34. The molecule has 1 aromatic carbocycles. The quantitative estimate of drug-likeness (QED) is 0.775. The minimum Gasteiger partial charge on any atom is -0.321 e. The highest BCUT2D eigenvalue weighted by Gasteiger charge is 2.41. The zero-order chi connectivity index (χ0) is 9.64. The molecule has 0 unspecified atom stereocenters. The summed E-state index contributed by atoms with van der Waals surface area (Å²) in [7, 11) is 0. The molecule has 2 N–H and O–H groups in total. The van der Waals surface area contributed by atoms with Crippen LogP contribution < -0.4 is 5.73 Å². The Kier molecular flexibility index (Phi) is 2.13. The standard InChI is InChI=1S/C9H8BrClFN/c10-6-3-5(9(13)1-2-9)7(11)4-8(6)12/h3-4H,1-2,13H2. The van der Waals surface area contributed by atoms with Crippen LogP contribution in [-0.2, 0) is 5.54 Å². The van der Waals surface area contributed by atoms with E-state index in [4.69, 9.17) is 17.3 Å². The van der Waals surface area contributed by atoms with Crippen molar-refractivity contribution in [2.45, 2.75) is 18.4 Å². The van der Waals surface area contributed by atoms with Gasteiger partial charge in [-0.1, -0.05) is 11.6 Å². The van der Waals surface area contributed by atoms with E-state index in [1.54, 1.807) is 6.07 Å². The molecule has 1 aliphatic rings. The van der Waals surface area contributed by atoms with E-state index in [1.165, 1.54) is 6.07 Å². The second-order valence-corrected chi connectivity index (χ2v) is 4.66. The summed E-state index contributed by atoms with van der Waals surface area (Å²) >= 11 is 9.00. The van der Waals surface area contributed by atoms with Crippen LogP contribution in [0.5, 0.6) is 0 Å². The fraction of sp³-hybridized carbons (Fsp3) is 0.333. The van der Waals surface area contributed by atoms with Crippen molar-refractivity contribution in [1.29, 1.82) is 0 Å². The van der Waals surface area contributed by atoms with E-state index in [2.05, 4.69) is 15.9 Å². The number of nitrogens with two attached hydrogens (primary N) is 1. The first-order valence-corrected chi connectivity index (χ1v) is 5.14. The van der Waals surface area contributed by atoms with Gasteiger partial charge in [0.25, 0.3) is 0 Å². The molecule has 0 aliphatic heterocycles. The van der Waals surface area contributed by atoms with Gasteiger partial charge in [-0.25, -0.2) is 4.39 Å². The van der Waals surface area contributed by atoms with Crippen LogP contribution in [0, 0.1) is 5.82 Å². The van der Waals surface area contributed by atoms with E-state index in [0.717, 1.165) is 18.4 Å². The molecule has 0 amide bonds. The van der Waals surface area contributed by atoms with Crippen molar-refractivity contribution in [3.63, 3.8) is 0 Å². The molecule has 0 bridgehead atoms. The van der Waals surface area contributed by atoms with Crippen LogP contribution in [0.3, 0.4) is 0 Å². The van der Waals surface area contributed by atoms with E-state index in [0.29, 0.717) is 9.50 Å². The molecule has 0 saturated heterocycles. The Bertz CT molecular complexity index is 363. The monoisotopic (exact) mass is 263 g/mol. The van der Waals surface area contributed by atoms with Gasteiger partial charge in [-0.2, -0.15) is 0 Å². The molecule has 0 atom stereocenters. The lowest BCUT2D eigenvalue weighted by Gasteiger charge is -2.11. The minimum absolute atomic E-state index is 0.312. The summed E-state index contributed by atoms with van der Waals surface area (Å²) in [5.74, 6) is -0.349. The summed E-state index contributed by atoms with van der Waals surface area (Å²) in [6.45, 7) is 0. The predicted octanol–water partition coefficient (Wildman–Crippen LogP) is 3.19. The van der Waals surface area contributed by atoms with Crippen LogP contribution in [0.15, 0.2) is 16.6 Å². The molecular weight excluding hydrogens is 256 g/mol. The third kappa shape index (κ3) is 1.60. The lowest BCUT2D eigenvalue weighted by Crippen LogP contribution is -2.19. The molecule has 4 heteroatoms. The van der Waals surface area contributed by atoms with Crippen LogP contribution in [0.25, 0.3) is 0 Å². The minimum atomic E-state index is -0.349. The molecule has 1 aliphatic carbocycles. The van der Waals surface area contributed by atoms with Crippen LogP contribution in [0.2, 0.25) is 5.02 Å². The Morgan fingerprint density at radius 1 is 1.46 bits per heavy atom. The largest absolute Gasteiger partial charge is 0.321 e. The van der Waals surface area contributed by atoms with Gasteiger partial charge in [0.1, 0.15) is 5.82 Å². The van der Waals surface area contributed by atoms with Crippen LogP contribution in [0.1, 0.15) is 18.4 Å². The summed E-state index contributed by atoms with van der Waals surface area (Å²) in [5, 5.41) is 0.417. The second-order valence-electron chi connectivity index (χ2n) is 3.40. The first-order chi connectivity index (χ1) is 6.03. The topological polar surface area (TPSA) is 26.0 Å². The molecule has 1 aromatic rings. The molecule has 2 rings (SSSR count). The lowest BCUT2D eigenvalue weighted by atomic mass is 10.1. The van der Waals surface area contributed by atoms with Gasteiger partial charge in [-0.15, -0.1) is 0 Å². The SMILES string of the molecule is NC1(c2cc(Br)c(F)cc2Cl)CC1. The number of hydrogen-bond acceptors (Lipinski definition) is 1. The molecule has 1 nitrogen and oxygen atoms in total. The Labute approximate surface area is 89.2 Å². The van der Waals surface area contributed by atoms with Crippen molar-refractivity contribution >= 4 is 27.5 Å². The van der Waals surface area contributed by atoms with Crippen molar-refractivity contribution < 1.29 is 4.39 Å². The smallest absolute Gasteiger partial charge is 0.138 e. The van der Waals surface area contributed by atoms with Crippen molar-refractivity contribution in [2.24, 2.45) is 5.73 Å². The molecule has 1 saturated carbocycles. The van der Waals surface area contributed by atoms with Gasteiger partial charge < -0.3 is 5.73 Å². The van der Waals surface area contributed by atoms with Crippen LogP contribution >= 0.6 is 27.5 Å². The van der Waals surface area contributed by atoms with Gasteiger partial charge in [-0.05, 0) is 46.5 Å². The molecule has 13 heavy (non-hydrogen) atoms. The maximum Gasteiger partial charge on any atom is 0.138 e. The Morgan fingerprint density at radius 2 is 2.08 bits per heavy atom. The zero-order valence-corrected chi connectivity index (χ0v) is 9.12. The summed E-state index contributed by atoms with van der Waals surface area (Å²) in [4.78, 5) is 0. The maximum atomic E-state index is 13.0. The van der Waals surface area contributed by atoms with Crippen molar-refractivity contribution in [3.8, 4) is 0 Å². The molecule has 0 radical (unpaired) electrons. The fourth-order valence-corrected chi connectivity index (χ4v) is 1.99. The normalized spacial score (nSPS) is 18.8. The van der Waals surface area contributed by atoms with Gasteiger partial charge in [0.05, 0.1) is 4.47 Å². The van der Waals surface area contributed by atoms with Gasteiger partial charge in [0.15, 0.2) is 0 Å². The number of rotatable bonds is 1. The van der Waals surface area contributed by atoms with E-state index in [1.807, 2.05) is 0 Å². The van der Waals surface area contributed by atoms with E-state index in [-0.39, 0.29) is 11.4 Å². The van der Waals surface area contributed by atoms with Gasteiger partial charge in [-0.3, -0.25) is 0 Å². The van der Waals surface area contributed by atoms with E-state index < -0.39 is 0 Å².